The maximum atomic E-state index is 12.6. The number of benzene rings is 1. The lowest BCUT2D eigenvalue weighted by Gasteiger charge is -2.24. The second kappa shape index (κ2) is 4.10. The first-order chi connectivity index (χ1) is 6.72. The molecule has 0 N–H and O–H groups in total. The van der Waals surface area contributed by atoms with Gasteiger partial charge in [0.25, 0.3) is 0 Å². The van der Waals surface area contributed by atoms with Crippen molar-refractivity contribution in [3.63, 3.8) is 0 Å². The van der Waals surface area contributed by atoms with E-state index < -0.39 is 21.4 Å². The lowest BCUT2D eigenvalue weighted by Crippen LogP contribution is -2.26. The van der Waals surface area contributed by atoms with Gasteiger partial charge in [-0.05, 0) is 11.6 Å². The Bertz CT molecular complexity index is 454. The van der Waals surface area contributed by atoms with Crippen LogP contribution in [0.2, 0.25) is 5.02 Å². The molecule has 0 saturated carbocycles. The minimum atomic E-state index is -4.51. The first-order valence-electron chi connectivity index (χ1n) is 4.40. The van der Waals surface area contributed by atoms with Crippen molar-refractivity contribution >= 4 is 21.8 Å². The van der Waals surface area contributed by atoms with Crippen molar-refractivity contribution in [2.24, 2.45) is 0 Å². The second-order valence-electron chi connectivity index (χ2n) is 4.05. The van der Waals surface area contributed by atoms with E-state index in [0.717, 1.165) is 0 Å². The van der Waals surface area contributed by atoms with Gasteiger partial charge in [0.1, 0.15) is 0 Å². The monoisotopic (exact) mass is 250 g/mol. The van der Waals surface area contributed by atoms with Gasteiger partial charge in [0, 0.05) is 10.4 Å². The van der Waals surface area contributed by atoms with E-state index in [4.69, 9.17) is 11.6 Å². The van der Waals surface area contributed by atoms with Gasteiger partial charge >= 0.3 is 10.2 Å². The van der Waals surface area contributed by atoms with Gasteiger partial charge in [0.2, 0.25) is 0 Å². The standard InChI is InChI=1S/C10H12ClFO2S/c1-10(2,7-15(12,13)14)8-5-3-4-6-9(8)11/h3-6H,7H2,1-2H3. The van der Waals surface area contributed by atoms with Gasteiger partial charge in [-0.2, -0.15) is 8.42 Å². The number of rotatable bonds is 3. The summed E-state index contributed by atoms with van der Waals surface area (Å²) in [5.41, 5.74) is -0.195. The number of halogens is 2. The molecule has 0 amide bonds. The van der Waals surface area contributed by atoms with Crippen molar-refractivity contribution in [1.82, 2.24) is 0 Å². The van der Waals surface area contributed by atoms with Crippen LogP contribution < -0.4 is 0 Å². The highest BCUT2D eigenvalue weighted by atomic mass is 35.5. The van der Waals surface area contributed by atoms with Crippen molar-refractivity contribution in [1.29, 1.82) is 0 Å². The molecule has 0 aromatic heterocycles. The maximum absolute atomic E-state index is 12.6. The first-order valence-corrected chi connectivity index (χ1v) is 6.33. The van der Waals surface area contributed by atoms with Gasteiger partial charge in [-0.1, -0.05) is 43.6 Å². The molecule has 0 saturated heterocycles. The van der Waals surface area contributed by atoms with E-state index in [9.17, 15) is 12.3 Å². The Hall–Kier alpha value is -0.610. The Labute approximate surface area is 94.3 Å². The molecule has 0 aliphatic carbocycles. The predicted octanol–water partition coefficient (Wildman–Crippen LogP) is 2.92. The molecule has 0 radical (unpaired) electrons. The topological polar surface area (TPSA) is 34.1 Å². The van der Waals surface area contributed by atoms with Crippen LogP contribution in [0.15, 0.2) is 24.3 Å². The van der Waals surface area contributed by atoms with Gasteiger partial charge in [-0.3, -0.25) is 0 Å². The molecular formula is C10H12ClFO2S. The SMILES string of the molecule is CC(C)(CS(=O)(=O)F)c1ccccc1Cl. The third-order valence-corrected chi connectivity index (χ3v) is 3.53. The molecule has 0 aliphatic rings. The van der Waals surface area contributed by atoms with Crippen LogP contribution in [0.5, 0.6) is 0 Å². The van der Waals surface area contributed by atoms with Gasteiger partial charge < -0.3 is 0 Å². The van der Waals surface area contributed by atoms with Crippen molar-refractivity contribution in [2.45, 2.75) is 19.3 Å². The molecule has 0 aliphatic heterocycles. The van der Waals surface area contributed by atoms with Crippen molar-refractivity contribution in [3.05, 3.63) is 34.9 Å². The Morgan fingerprint density at radius 1 is 1.33 bits per heavy atom. The largest absolute Gasteiger partial charge is 0.303 e. The van der Waals surface area contributed by atoms with Crippen LogP contribution >= 0.6 is 11.6 Å². The summed E-state index contributed by atoms with van der Waals surface area (Å²) in [6.45, 7) is 3.29. The zero-order valence-corrected chi connectivity index (χ0v) is 10.1. The summed E-state index contributed by atoms with van der Waals surface area (Å²) in [5, 5.41) is 0.450. The zero-order chi connectivity index (χ0) is 11.7. The third-order valence-electron chi connectivity index (χ3n) is 2.14. The van der Waals surface area contributed by atoms with E-state index in [1.54, 1.807) is 38.1 Å². The molecular weight excluding hydrogens is 239 g/mol. The average molecular weight is 251 g/mol. The summed E-state index contributed by atoms with van der Waals surface area (Å²) in [6, 6.07) is 6.84. The fourth-order valence-corrected chi connectivity index (χ4v) is 2.93. The summed E-state index contributed by atoms with van der Waals surface area (Å²) in [7, 11) is -4.51. The molecule has 15 heavy (non-hydrogen) atoms. The van der Waals surface area contributed by atoms with Crippen molar-refractivity contribution < 1.29 is 12.3 Å². The van der Waals surface area contributed by atoms with Crippen LogP contribution in [-0.2, 0) is 15.6 Å². The predicted molar refractivity (Wildman–Crippen MR) is 59.4 cm³/mol. The summed E-state index contributed by atoms with van der Waals surface area (Å²) < 4.78 is 33.9. The Kier molecular flexibility index (Phi) is 3.41. The normalized spacial score (nSPS) is 12.8. The van der Waals surface area contributed by atoms with Crippen LogP contribution in [0.4, 0.5) is 3.89 Å². The Balaban J connectivity index is 3.12. The molecule has 5 heteroatoms. The molecule has 0 unspecified atom stereocenters. The molecule has 1 aromatic carbocycles. The molecule has 84 valence electrons. The molecule has 1 rings (SSSR count). The third kappa shape index (κ3) is 3.47. The minimum Gasteiger partial charge on any atom is -0.195 e. The molecule has 0 fully saturated rings. The van der Waals surface area contributed by atoms with Crippen molar-refractivity contribution in [3.8, 4) is 0 Å². The van der Waals surface area contributed by atoms with Crippen LogP contribution in [0.1, 0.15) is 19.4 Å². The quantitative estimate of drug-likeness (QED) is 0.773. The first kappa shape index (κ1) is 12.5. The Morgan fingerprint density at radius 2 is 1.87 bits per heavy atom. The lowest BCUT2D eigenvalue weighted by atomic mass is 9.87. The average Bonchev–Trinajstić information content (AvgIpc) is 1.99. The van der Waals surface area contributed by atoms with Crippen LogP contribution in [-0.4, -0.2) is 14.2 Å². The highest BCUT2D eigenvalue weighted by Crippen LogP contribution is 2.31. The lowest BCUT2D eigenvalue weighted by molar-refractivity contribution is 0.515. The maximum Gasteiger partial charge on any atom is 0.303 e. The summed E-state index contributed by atoms with van der Waals surface area (Å²) in [6.07, 6.45) is 0. The molecule has 0 spiro atoms. The fourth-order valence-electron chi connectivity index (χ4n) is 1.52. The van der Waals surface area contributed by atoms with E-state index in [0.29, 0.717) is 10.6 Å². The fraction of sp³-hybridized carbons (Fsp3) is 0.400. The highest BCUT2D eigenvalue weighted by Gasteiger charge is 2.29. The molecule has 0 heterocycles. The Morgan fingerprint density at radius 3 is 2.33 bits per heavy atom. The summed E-state index contributed by atoms with van der Waals surface area (Å²) in [4.78, 5) is 0. The van der Waals surface area contributed by atoms with Crippen LogP contribution in [0, 0.1) is 0 Å². The molecule has 0 bridgehead atoms. The van der Waals surface area contributed by atoms with E-state index in [-0.39, 0.29) is 0 Å². The van der Waals surface area contributed by atoms with E-state index in [1.165, 1.54) is 0 Å². The molecule has 0 atom stereocenters. The van der Waals surface area contributed by atoms with Gasteiger partial charge in [-0.25, -0.2) is 0 Å². The van der Waals surface area contributed by atoms with E-state index in [2.05, 4.69) is 0 Å². The minimum absolute atomic E-state index is 0.450. The van der Waals surface area contributed by atoms with E-state index in [1.807, 2.05) is 0 Å². The van der Waals surface area contributed by atoms with Gasteiger partial charge in [0.05, 0.1) is 5.75 Å². The second-order valence-corrected chi connectivity index (χ2v) is 5.82. The van der Waals surface area contributed by atoms with Crippen LogP contribution in [0.25, 0.3) is 0 Å². The number of hydrogen-bond donors (Lipinski definition) is 0. The van der Waals surface area contributed by atoms with Gasteiger partial charge in [0.15, 0.2) is 0 Å². The van der Waals surface area contributed by atoms with Crippen molar-refractivity contribution in [2.75, 3.05) is 5.75 Å². The smallest absolute Gasteiger partial charge is 0.195 e. The summed E-state index contributed by atoms with van der Waals surface area (Å²) in [5.74, 6) is -0.566. The highest BCUT2D eigenvalue weighted by molar-refractivity contribution is 7.86. The van der Waals surface area contributed by atoms with Crippen LogP contribution in [0.3, 0.4) is 0 Å². The zero-order valence-electron chi connectivity index (χ0n) is 8.50. The van der Waals surface area contributed by atoms with E-state index >= 15 is 0 Å². The summed E-state index contributed by atoms with van der Waals surface area (Å²) >= 11 is 5.92. The molecule has 1 aromatic rings. The molecule has 2 nitrogen and oxygen atoms in total. The van der Waals surface area contributed by atoms with Gasteiger partial charge in [-0.15, -0.1) is 3.89 Å². The number of hydrogen-bond acceptors (Lipinski definition) is 2.